The van der Waals surface area contributed by atoms with Gasteiger partial charge in [-0.25, -0.2) is 0 Å². The van der Waals surface area contributed by atoms with Crippen molar-refractivity contribution in [2.24, 2.45) is 23.7 Å². The van der Waals surface area contributed by atoms with E-state index in [4.69, 9.17) is 4.74 Å². The first-order valence-corrected chi connectivity index (χ1v) is 15.5. The van der Waals surface area contributed by atoms with Crippen molar-refractivity contribution in [2.45, 2.75) is 145 Å². The Hall–Kier alpha value is -1.22. The van der Waals surface area contributed by atoms with E-state index < -0.39 is 0 Å². The van der Waals surface area contributed by atoms with Gasteiger partial charge in [-0.2, -0.15) is 0 Å². The van der Waals surface area contributed by atoms with Crippen LogP contribution in [0.15, 0.2) is 0 Å². The summed E-state index contributed by atoms with van der Waals surface area (Å²) in [5.74, 6) is 4.59. The topological polar surface area (TPSA) is 32.7 Å². The van der Waals surface area contributed by atoms with E-state index in [0.29, 0.717) is 11.7 Å². The van der Waals surface area contributed by atoms with Gasteiger partial charge in [-0.3, -0.25) is 0 Å². The zero-order chi connectivity index (χ0) is 27.8. The SMILES string of the molecule is Cc1c(CN(C)C)c(O)c(CC(C)C)c2c1OC(C)(CCCC(C)CCCC(C)CCCC(C)C)CC2. The number of nitrogens with zero attached hydrogens (tertiary/aromatic N) is 1. The van der Waals surface area contributed by atoms with E-state index in [0.717, 1.165) is 72.4 Å². The molecule has 1 N–H and O–H groups in total. The third kappa shape index (κ3) is 10.1. The van der Waals surface area contributed by atoms with Gasteiger partial charge < -0.3 is 14.7 Å². The largest absolute Gasteiger partial charge is 0.507 e. The number of hydrogen-bond acceptors (Lipinski definition) is 3. The van der Waals surface area contributed by atoms with Crippen molar-refractivity contribution in [3.63, 3.8) is 0 Å². The number of phenols is 1. The van der Waals surface area contributed by atoms with Gasteiger partial charge in [-0.1, -0.05) is 86.5 Å². The van der Waals surface area contributed by atoms with E-state index in [1.807, 2.05) is 0 Å². The Balaban J connectivity index is 1.94. The molecule has 2 rings (SSSR count). The van der Waals surface area contributed by atoms with Gasteiger partial charge in [-0.15, -0.1) is 0 Å². The van der Waals surface area contributed by atoms with Crippen molar-refractivity contribution in [3.8, 4) is 11.5 Å². The number of benzene rings is 1. The van der Waals surface area contributed by atoms with Crippen molar-refractivity contribution in [3.05, 3.63) is 22.3 Å². The second kappa shape index (κ2) is 14.8. The van der Waals surface area contributed by atoms with E-state index >= 15 is 0 Å². The summed E-state index contributed by atoms with van der Waals surface area (Å²) in [7, 11) is 4.14. The van der Waals surface area contributed by atoms with Crippen molar-refractivity contribution in [2.75, 3.05) is 14.1 Å². The van der Waals surface area contributed by atoms with E-state index in [1.54, 1.807) is 0 Å². The number of aromatic hydroxyl groups is 1. The highest BCUT2D eigenvalue weighted by atomic mass is 16.5. The molecule has 1 aromatic rings. The third-order valence-electron chi connectivity index (χ3n) is 8.62. The molecule has 0 saturated heterocycles. The molecule has 0 saturated carbocycles. The normalized spacial score (nSPS) is 19.4. The lowest BCUT2D eigenvalue weighted by Crippen LogP contribution is -2.37. The van der Waals surface area contributed by atoms with Crippen molar-refractivity contribution in [1.82, 2.24) is 4.90 Å². The summed E-state index contributed by atoms with van der Waals surface area (Å²) >= 11 is 0. The van der Waals surface area contributed by atoms with Gasteiger partial charge in [-0.05, 0) is 89.3 Å². The van der Waals surface area contributed by atoms with E-state index in [2.05, 4.69) is 74.4 Å². The Labute approximate surface area is 230 Å². The zero-order valence-corrected chi connectivity index (χ0v) is 26.3. The highest BCUT2D eigenvalue weighted by Gasteiger charge is 2.35. The fraction of sp³-hybridized carbons (Fsp3) is 0.824. The highest BCUT2D eigenvalue weighted by molar-refractivity contribution is 5.59. The van der Waals surface area contributed by atoms with E-state index in [9.17, 15) is 5.11 Å². The second-order valence-corrected chi connectivity index (χ2v) is 14.0. The van der Waals surface area contributed by atoms with Crippen molar-refractivity contribution >= 4 is 0 Å². The van der Waals surface area contributed by atoms with E-state index in [-0.39, 0.29) is 5.60 Å². The van der Waals surface area contributed by atoms with Crippen molar-refractivity contribution < 1.29 is 9.84 Å². The fourth-order valence-electron chi connectivity index (χ4n) is 6.21. The number of ether oxygens (including phenoxy) is 1. The van der Waals surface area contributed by atoms with Crippen LogP contribution in [0.5, 0.6) is 11.5 Å². The molecule has 3 unspecified atom stereocenters. The second-order valence-electron chi connectivity index (χ2n) is 14.0. The molecule has 1 aromatic carbocycles. The summed E-state index contributed by atoms with van der Waals surface area (Å²) in [6.45, 7) is 19.2. The summed E-state index contributed by atoms with van der Waals surface area (Å²) in [6.07, 6.45) is 14.9. The molecule has 0 spiro atoms. The minimum atomic E-state index is -0.107. The van der Waals surface area contributed by atoms with Crippen LogP contribution in [0, 0.1) is 30.6 Å². The van der Waals surface area contributed by atoms with Crippen molar-refractivity contribution in [1.29, 1.82) is 0 Å². The maximum atomic E-state index is 11.2. The molecule has 0 amide bonds. The smallest absolute Gasteiger partial charge is 0.127 e. The predicted octanol–water partition coefficient (Wildman–Crippen LogP) is 9.48. The molecule has 1 aliphatic heterocycles. The molecule has 3 nitrogen and oxygen atoms in total. The number of phenolic OH excluding ortho intramolecular Hbond substituents is 1. The Morgan fingerprint density at radius 1 is 0.838 bits per heavy atom. The van der Waals surface area contributed by atoms with Crippen LogP contribution >= 0.6 is 0 Å². The van der Waals surface area contributed by atoms with Crippen LogP contribution in [-0.2, 0) is 19.4 Å². The minimum Gasteiger partial charge on any atom is -0.507 e. The quantitative estimate of drug-likeness (QED) is 0.238. The number of hydrogen-bond donors (Lipinski definition) is 1. The molecule has 0 fully saturated rings. The van der Waals surface area contributed by atoms with E-state index in [1.165, 1.54) is 56.9 Å². The summed E-state index contributed by atoms with van der Waals surface area (Å²) < 4.78 is 6.87. The average molecular weight is 516 g/mol. The molecule has 1 heterocycles. The molecular formula is C34H61NO2. The maximum Gasteiger partial charge on any atom is 0.127 e. The summed E-state index contributed by atoms with van der Waals surface area (Å²) in [5, 5.41) is 11.2. The third-order valence-corrected chi connectivity index (χ3v) is 8.62. The van der Waals surface area contributed by atoms with Gasteiger partial charge in [0.1, 0.15) is 17.1 Å². The highest BCUT2D eigenvalue weighted by Crippen LogP contribution is 2.46. The van der Waals surface area contributed by atoms with Crippen LogP contribution in [0.25, 0.3) is 0 Å². The van der Waals surface area contributed by atoms with Crippen LogP contribution in [0.2, 0.25) is 0 Å². The average Bonchev–Trinajstić information content (AvgIpc) is 2.79. The number of rotatable bonds is 16. The molecule has 3 heteroatoms. The summed E-state index contributed by atoms with van der Waals surface area (Å²) in [6, 6.07) is 0. The van der Waals surface area contributed by atoms with Gasteiger partial charge >= 0.3 is 0 Å². The molecule has 214 valence electrons. The lowest BCUT2D eigenvalue weighted by molar-refractivity contribution is 0.0509. The molecule has 0 radical (unpaired) electrons. The van der Waals surface area contributed by atoms with Gasteiger partial charge in [0.05, 0.1) is 0 Å². The van der Waals surface area contributed by atoms with Crippen LogP contribution in [0.1, 0.15) is 135 Å². The molecule has 37 heavy (non-hydrogen) atoms. The Kier molecular flexibility index (Phi) is 12.8. The molecule has 1 aliphatic rings. The molecule has 0 aromatic heterocycles. The first kappa shape index (κ1) is 32.0. The molecule has 0 bridgehead atoms. The van der Waals surface area contributed by atoms with Crippen LogP contribution < -0.4 is 4.74 Å². The number of fused-ring (bicyclic) bond motifs is 1. The monoisotopic (exact) mass is 515 g/mol. The van der Waals surface area contributed by atoms with Gasteiger partial charge in [0.2, 0.25) is 0 Å². The Morgan fingerprint density at radius 3 is 1.95 bits per heavy atom. The Morgan fingerprint density at radius 2 is 1.41 bits per heavy atom. The summed E-state index contributed by atoms with van der Waals surface area (Å²) in [4.78, 5) is 2.14. The molecular weight excluding hydrogens is 454 g/mol. The van der Waals surface area contributed by atoms with Crippen LogP contribution in [-0.4, -0.2) is 29.7 Å². The first-order chi connectivity index (χ1) is 17.3. The lowest BCUT2D eigenvalue weighted by Gasteiger charge is -2.39. The summed E-state index contributed by atoms with van der Waals surface area (Å²) in [5.41, 5.74) is 4.46. The lowest BCUT2D eigenvalue weighted by atomic mass is 9.82. The minimum absolute atomic E-state index is 0.107. The standard InChI is InChI=1S/C34H61NO2/c1-24(2)14-11-15-26(5)16-12-17-27(6)18-13-20-34(8)21-19-29-30(22-25(3)4)32(36)31(23-35(9)10)28(7)33(29)37-34/h24-27,36H,11-23H2,1-10H3. The maximum absolute atomic E-state index is 11.2. The fourth-order valence-corrected chi connectivity index (χ4v) is 6.21. The van der Waals surface area contributed by atoms with Crippen LogP contribution in [0.3, 0.4) is 0 Å². The van der Waals surface area contributed by atoms with Gasteiger partial charge in [0, 0.05) is 23.2 Å². The van der Waals surface area contributed by atoms with Gasteiger partial charge in [0.15, 0.2) is 0 Å². The first-order valence-electron chi connectivity index (χ1n) is 15.5. The Bertz CT molecular complexity index is 828. The van der Waals surface area contributed by atoms with Gasteiger partial charge in [0.25, 0.3) is 0 Å². The predicted molar refractivity (Wildman–Crippen MR) is 161 cm³/mol. The van der Waals surface area contributed by atoms with Crippen LogP contribution in [0.4, 0.5) is 0 Å². The zero-order valence-electron chi connectivity index (χ0n) is 26.3. The molecule has 3 atom stereocenters. The molecule has 0 aliphatic carbocycles.